The third-order valence-electron chi connectivity index (χ3n) is 6.46. The summed E-state index contributed by atoms with van der Waals surface area (Å²) in [5.74, 6) is 0.714. The summed E-state index contributed by atoms with van der Waals surface area (Å²) in [7, 11) is 0. The van der Waals surface area contributed by atoms with Crippen LogP contribution in [-0.2, 0) is 17.9 Å². The fourth-order valence-corrected chi connectivity index (χ4v) is 4.28. The van der Waals surface area contributed by atoms with Gasteiger partial charge in [0.1, 0.15) is 5.82 Å². The minimum absolute atomic E-state index is 0.127. The first kappa shape index (κ1) is 23.1. The maximum absolute atomic E-state index is 13.1. The quantitative estimate of drug-likeness (QED) is 0.603. The summed E-state index contributed by atoms with van der Waals surface area (Å²) in [6.07, 6.45) is 0. The SMILES string of the molecule is Cc1ccccc1CN1CCN(C(=O)CN(Cc2nc3ccccc3c(=O)[nH]2)C(C)C)CC1. The van der Waals surface area contributed by atoms with E-state index in [0.717, 1.165) is 32.7 Å². The van der Waals surface area contributed by atoms with Crippen LogP contribution in [0.4, 0.5) is 0 Å². The smallest absolute Gasteiger partial charge is 0.258 e. The number of fused-ring (bicyclic) bond motifs is 1. The highest BCUT2D eigenvalue weighted by Gasteiger charge is 2.24. The first-order chi connectivity index (χ1) is 15.9. The number of piperazine rings is 1. The summed E-state index contributed by atoms with van der Waals surface area (Å²) in [6.45, 7) is 11.2. The molecule has 7 nitrogen and oxygen atoms in total. The van der Waals surface area contributed by atoms with E-state index in [0.29, 0.717) is 29.8 Å². The van der Waals surface area contributed by atoms with E-state index in [1.807, 2.05) is 23.1 Å². The first-order valence-electron chi connectivity index (χ1n) is 11.7. The molecule has 33 heavy (non-hydrogen) atoms. The van der Waals surface area contributed by atoms with Gasteiger partial charge >= 0.3 is 0 Å². The number of hydrogen-bond donors (Lipinski definition) is 1. The van der Waals surface area contributed by atoms with Crippen molar-refractivity contribution in [3.05, 3.63) is 75.8 Å². The molecule has 0 spiro atoms. The van der Waals surface area contributed by atoms with Gasteiger partial charge in [-0.15, -0.1) is 0 Å². The van der Waals surface area contributed by atoms with Crippen LogP contribution in [-0.4, -0.2) is 69.3 Å². The molecule has 2 aromatic carbocycles. The van der Waals surface area contributed by atoms with Gasteiger partial charge in [0.2, 0.25) is 5.91 Å². The number of para-hydroxylation sites is 1. The number of aryl methyl sites for hydroxylation is 1. The second-order valence-electron chi connectivity index (χ2n) is 9.11. The average molecular weight is 448 g/mol. The normalized spacial score (nSPS) is 15.0. The van der Waals surface area contributed by atoms with Gasteiger partial charge in [-0.05, 0) is 44.0 Å². The van der Waals surface area contributed by atoms with Gasteiger partial charge < -0.3 is 9.88 Å². The van der Waals surface area contributed by atoms with Gasteiger partial charge in [0.05, 0.1) is 24.0 Å². The average Bonchev–Trinajstić information content (AvgIpc) is 2.80. The Hall–Kier alpha value is -3.03. The Morgan fingerprint density at radius 1 is 1.06 bits per heavy atom. The number of aromatic amines is 1. The largest absolute Gasteiger partial charge is 0.339 e. The number of aromatic nitrogens is 2. The predicted molar refractivity (Wildman–Crippen MR) is 131 cm³/mol. The van der Waals surface area contributed by atoms with Crippen LogP contribution < -0.4 is 5.56 Å². The van der Waals surface area contributed by atoms with E-state index in [4.69, 9.17) is 0 Å². The van der Waals surface area contributed by atoms with Crippen molar-refractivity contribution in [3.8, 4) is 0 Å². The first-order valence-corrected chi connectivity index (χ1v) is 11.7. The van der Waals surface area contributed by atoms with Crippen molar-refractivity contribution in [3.63, 3.8) is 0 Å². The Labute approximate surface area is 195 Å². The number of amides is 1. The maximum Gasteiger partial charge on any atom is 0.258 e. The molecule has 1 aliphatic rings. The third kappa shape index (κ3) is 5.67. The molecule has 0 bridgehead atoms. The monoisotopic (exact) mass is 447 g/mol. The van der Waals surface area contributed by atoms with Crippen molar-refractivity contribution in [1.29, 1.82) is 0 Å². The molecule has 0 radical (unpaired) electrons. The molecule has 1 fully saturated rings. The van der Waals surface area contributed by atoms with Crippen molar-refractivity contribution in [2.45, 2.75) is 39.9 Å². The molecule has 4 rings (SSSR count). The summed E-state index contributed by atoms with van der Waals surface area (Å²) in [5.41, 5.74) is 3.19. The van der Waals surface area contributed by atoms with E-state index in [-0.39, 0.29) is 17.5 Å². The number of nitrogens with one attached hydrogen (secondary N) is 1. The topological polar surface area (TPSA) is 72.5 Å². The molecule has 0 unspecified atom stereocenters. The molecule has 3 aromatic rings. The van der Waals surface area contributed by atoms with Gasteiger partial charge in [-0.25, -0.2) is 4.98 Å². The van der Waals surface area contributed by atoms with E-state index in [2.05, 4.69) is 64.8 Å². The van der Waals surface area contributed by atoms with Gasteiger partial charge in [0, 0.05) is 38.8 Å². The van der Waals surface area contributed by atoms with E-state index >= 15 is 0 Å². The molecule has 1 aromatic heterocycles. The molecular weight excluding hydrogens is 414 g/mol. The zero-order chi connectivity index (χ0) is 23.4. The van der Waals surface area contributed by atoms with E-state index in [9.17, 15) is 9.59 Å². The standard InChI is InChI=1S/C26H33N5O2/c1-19(2)31(17-24-27-23-11-7-6-10-22(23)26(33)28-24)18-25(32)30-14-12-29(13-15-30)16-21-9-5-4-8-20(21)3/h4-11,19H,12-18H2,1-3H3,(H,27,28,33). The van der Waals surface area contributed by atoms with Crippen LogP contribution in [0, 0.1) is 6.92 Å². The van der Waals surface area contributed by atoms with Crippen LogP contribution in [0.2, 0.25) is 0 Å². The minimum Gasteiger partial charge on any atom is -0.339 e. The molecule has 1 amide bonds. The summed E-state index contributed by atoms with van der Waals surface area (Å²) < 4.78 is 0. The summed E-state index contributed by atoms with van der Waals surface area (Å²) >= 11 is 0. The molecule has 174 valence electrons. The van der Waals surface area contributed by atoms with Crippen molar-refractivity contribution < 1.29 is 4.79 Å². The third-order valence-corrected chi connectivity index (χ3v) is 6.46. The zero-order valence-corrected chi connectivity index (χ0v) is 19.8. The van der Waals surface area contributed by atoms with Gasteiger partial charge in [0.15, 0.2) is 0 Å². The highest BCUT2D eigenvalue weighted by molar-refractivity contribution is 5.78. The Bertz CT molecular complexity index is 1160. The molecule has 7 heteroatoms. The fraction of sp³-hybridized carbons (Fsp3) is 0.423. The van der Waals surface area contributed by atoms with Crippen molar-refractivity contribution >= 4 is 16.8 Å². The number of benzene rings is 2. The minimum atomic E-state index is -0.143. The Kier molecular flexibility index (Phi) is 7.20. The molecule has 2 heterocycles. The number of nitrogens with zero attached hydrogens (tertiary/aromatic N) is 4. The summed E-state index contributed by atoms with van der Waals surface area (Å²) in [6, 6.07) is 15.9. The van der Waals surface area contributed by atoms with Crippen molar-refractivity contribution in [2.75, 3.05) is 32.7 Å². The lowest BCUT2D eigenvalue weighted by molar-refractivity contribution is -0.134. The van der Waals surface area contributed by atoms with Gasteiger partial charge in [-0.1, -0.05) is 36.4 Å². The Morgan fingerprint density at radius 2 is 1.76 bits per heavy atom. The molecule has 0 aliphatic carbocycles. The van der Waals surface area contributed by atoms with Gasteiger partial charge in [0.25, 0.3) is 5.56 Å². The lowest BCUT2D eigenvalue weighted by atomic mass is 10.1. The molecule has 1 N–H and O–H groups in total. The molecule has 1 saturated heterocycles. The molecular formula is C26H33N5O2. The van der Waals surface area contributed by atoms with Gasteiger partial charge in [-0.3, -0.25) is 19.4 Å². The van der Waals surface area contributed by atoms with E-state index < -0.39 is 0 Å². The lowest BCUT2D eigenvalue weighted by Crippen LogP contribution is -2.51. The van der Waals surface area contributed by atoms with Gasteiger partial charge in [-0.2, -0.15) is 0 Å². The van der Waals surface area contributed by atoms with Crippen molar-refractivity contribution in [1.82, 2.24) is 24.7 Å². The number of carbonyl (C=O) groups excluding carboxylic acids is 1. The highest BCUT2D eigenvalue weighted by atomic mass is 16.2. The number of H-pyrrole nitrogens is 1. The van der Waals surface area contributed by atoms with Crippen LogP contribution >= 0.6 is 0 Å². The van der Waals surface area contributed by atoms with E-state index in [1.54, 1.807) is 6.07 Å². The number of carbonyl (C=O) groups is 1. The molecule has 0 saturated carbocycles. The summed E-state index contributed by atoms with van der Waals surface area (Å²) in [4.78, 5) is 39.4. The summed E-state index contributed by atoms with van der Waals surface area (Å²) in [5, 5.41) is 0.581. The number of hydrogen-bond acceptors (Lipinski definition) is 5. The molecule has 0 atom stereocenters. The van der Waals surface area contributed by atoms with Crippen LogP contribution in [0.25, 0.3) is 10.9 Å². The van der Waals surface area contributed by atoms with Crippen LogP contribution in [0.15, 0.2) is 53.3 Å². The maximum atomic E-state index is 13.1. The Morgan fingerprint density at radius 3 is 2.48 bits per heavy atom. The zero-order valence-electron chi connectivity index (χ0n) is 19.8. The Balaban J connectivity index is 1.35. The van der Waals surface area contributed by atoms with Crippen LogP contribution in [0.3, 0.4) is 0 Å². The second kappa shape index (κ2) is 10.3. The molecule has 1 aliphatic heterocycles. The second-order valence-corrected chi connectivity index (χ2v) is 9.11. The van der Waals surface area contributed by atoms with Crippen LogP contribution in [0.5, 0.6) is 0 Å². The van der Waals surface area contributed by atoms with Crippen molar-refractivity contribution in [2.24, 2.45) is 0 Å². The van der Waals surface area contributed by atoms with Crippen LogP contribution in [0.1, 0.15) is 30.8 Å². The highest BCUT2D eigenvalue weighted by Crippen LogP contribution is 2.14. The fourth-order valence-electron chi connectivity index (χ4n) is 4.28. The van der Waals surface area contributed by atoms with E-state index in [1.165, 1.54) is 11.1 Å². The predicted octanol–water partition coefficient (Wildman–Crippen LogP) is 2.79. The number of rotatable bonds is 7. The lowest BCUT2D eigenvalue weighted by Gasteiger charge is -2.36.